The summed E-state index contributed by atoms with van der Waals surface area (Å²) in [6, 6.07) is 2.35. The Morgan fingerprint density at radius 3 is 2.33 bits per heavy atom. The molecule has 1 aromatic heterocycles. The lowest BCUT2D eigenvalue weighted by Gasteiger charge is -2.09. The minimum Gasteiger partial charge on any atom is -0.261 e. The van der Waals surface area contributed by atoms with E-state index in [9.17, 15) is 0 Å². The lowest BCUT2D eigenvalue weighted by atomic mass is 10.0. The fourth-order valence-electron chi connectivity index (χ4n) is 1.69. The molecule has 0 bridgehead atoms. The summed E-state index contributed by atoms with van der Waals surface area (Å²) >= 11 is 0. The second kappa shape index (κ2) is 5.29. The van der Waals surface area contributed by atoms with Crippen LogP contribution in [-0.4, -0.2) is 4.98 Å². The van der Waals surface area contributed by atoms with E-state index in [0.29, 0.717) is 5.92 Å². The third kappa shape index (κ3) is 3.05. The zero-order valence-corrected chi connectivity index (χ0v) is 10.7. The average molecular weight is 205 g/mol. The van der Waals surface area contributed by atoms with Crippen LogP contribution in [0.4, 0.5) is 0 Å². The molecule has 0 spiro atoms. The lowest BCUT2D eigenvalue weighted by Crippen LogP contribution is -1.95. The van der Waals surface area contributed by atoms with Crippen LogP contribution in [0.15, 0.2) is 12.3 Å². The normalized spacial score (nSPS) is 14.8. The van der Waals surface area contributed by atoms with Crippen LogP contribution in [0.25, 0.3) is 0 Å². The summed E-state index contributed by atoms with van der Waals surface area (Å²) in [6.45, 7) is 10.6. The van der Waals surface area contributed by atoms with Crippen molar-refractivity contribution in [3.63, 3.8) is 0 Å². The molecular weight excluding hydrogens is 182 g/mol. The minimum atomic E-state index is 0.602. The van der Waals surface area contributed by atoms with Crippen LogP contribution in [0, 0.1) is 6.92 Å². The van der Waals surface area contributed by atoms with E-state index in [1.807, 2.05) is 20.0 Å². The predicted octanol–water partition coefficient (Wildman–Crippen LogP) is 4.42. The van der Waals surface area contributed by atoms with E-state index >= 15 is 0 Å². The van der Waals surface area contributed by atoms with Gasteiger partial charge in [-0.1, -0.05) is 33.8 Å². The molecule has 0 aromatic carbocycles. The van der Waals surface area contributed by atoms with Crippen molar-refractivity contribution in [2.45, 2.75) is 59.3 Å². The summed E-state index contributed by atoms with van der Waals surface area (Å²) in [5.41, 5.74) is 4.10. The maximum absolute atomic E-state index is 4.46. The zero-order valence-electron chi connectivity index (χ0n) is 10.7. The smallest absolute Gasteiger partial charge is 0.0407 e. The van der Waals surface area contributed by atoms with Crippen molar-refractivity contribution in [2.75, 3.05) is 0 Å². The quantitative estimate of drug-likeness (QED) is 0.696. The van der Waals surface area contributed by atoms with Gasteiger partial charge in [0.15, 0.2) is 0 Å². The minimum absolute atomic E-state index is 0.602. The summed E-state index contributed by atoms with van der Waals surface area (Å²) in [5, 5.41) is 0. The first-order valence-corrected chi connectivity index (χ1v) is 6.15. The van der Waals surface area contributed by atoms with E-state index < -0.39 is 0 Å². The summed E-state index contributed by atoms with van der Waals surface area (Å²) in [6.07, 6.45) is 4.75. The Hall–Kier alpha value is -0.850. The first-order chi connectivity index (χ1) is 7.18. The molecule has 1 aromatic rings. The molecule has 1 heteroatoms. The second-order valence-corrected chi connectivity index (χ2v) is 4.37. The molecule has 1 nitrogen and oxygen atoms in total. The molecule has 1 heterocycles. The molecule has 15 heavy (non-hydrogen) atoms. The third-order valence-corrected chi connectivity index (χ3v) is 2.83. The molecule has 1 saturated carbocycles. The van der Waals surface area contributed by atoms with E-state index in [4.69, 9.17) is 0 Å². The highest BCUT2D eigenvalue weighted by molar-refractivity contribution is 5.32. The van der Waals surface area contributed by atoms with Gasteiger partial charge in [-0.05, 0) is 42.7 Å². The summed E-state index contributed by atoms with van der Waals surface area (Å²) in [4.78, 5) is 4.46. The highest BCUT2D eigenvalue weighted by atomic mass is 14.7. The van der Waals surface area contributed by atoms with Crippen molar-refractivity contribution >= 4 is 0 Å². The van der Waals surface area contributed by atoms with Crippen LogP contribution in [0.3, 0.4) is 0 Å². The van der Waals surface area contributed by atoms with Gasteiger partial charge in [-0.15, -0.1) is 0 Å². The van der Waals surface area contributed by atoms with E-state index in [0.717, 1.165) is 5.92 Å². The molecule has 2 rings (SSSR count). The second-order valence-electron chi connectivity index (χ2n) is 4.37. The van der Waals surface area contributed by atoms with Gasteiger partial charge in [0.2, 0.25) is 0 Å². The highest BCUT2D eigenvalue weighted by Crippen LogP contribution is 2.41. The van der Waals surface area contributed by atoms with Crippen molar-refractivity contribution in [3.8, 4) is 0 Å². The molecule has 1 aliphatic rings. The maximum Gasteiger partial charge on any atom is 0.0407 e. The highest BCUT2D eigenvalue weighted by Gasteiger charge is 2.25. The van der Waals surface area contributed by atoms with Crippen LogP contribution in [0.2, 0.25) is 0 Å². The molecule has 0 unspecified atom stereocenters. The predicted molar refractivity (Wildman–Crippen MR) is 66.4 cm³/mol. The number of nitrogens with zero attached hydrogens (tertiary/aromatic N) is 1. The fourth-order valence-corrected chi connectivity index (χ4v) is 1.69. The van der Waals surface area contributed by atoms with Crippen molar-refractivity contribution in [2.24, 2.45) is 0 Å². The number of hydrogen-bond donors (Lipinski definition) is 0. The van der Waals surface area contributed by atoms with Gasteiger partial charge in [-0.3, -0.25) is 4.98 Å². The van der Waals surface area contributed by atoms with Gasteiger partial charge in [-0.25, -0.2) is 0 Å². The molecule has 0 amide bonds. The summed E-state index contributed by atoms with van der Waals surface area (Å²) in [5.74, 6) is 1.43. The molecule has 84 valence electrons. The van der Waals surface area contributed by atoms with Crippen molar-refractivity contribution in [1.82, 2.24) is 4.98 Å². The Morgan fingerprint density at radius 1 is 1.27 bits per heavy atom. The number of pyridine rings is 1. The number of aryl methyl sites for hydroxylation is 1. The van der Waals surface area contributed by atoms with Crippen molar-refractivity contribution in [1.29, 1.82) is 0 Å². The number of rotatable bonds is 2. The molecule has 0 aliphatic heterocycles. The van der Waals surface area contributed by atoms with Crippen LogP contribution in [0.1, 0.15) is 69.2 Å². The van der Waals surface area contributed by atoms with Crippen molar-refractivity contribution in [3.05, 3.63) is 29.1 Å². The van der Waals surface area contributed by atoms with E-state index in [-0.39, 0.29) is 0 Å². The van der Waals surface area contributed by atoms with Crippen LogP contribution >= 0.6 is 0 Å². The average Bonchev–Trinajstić information content (AvgIpc) is 3.05. The largest absolute Gasteiger partial charge is 0.261 e. The van der Waals surface area contributed by atoms with Gasteiger partial charge < -0.3 is 0 Å². The zero-order chi connectivity index (χ0) is 11.4. The van der Waals surface area contributed by atoms with Gasteiger partial charge >= 0.3 is 0 Å². The standard InChI is InChI=1S/C12H17N.C2H6/c1-8(2)11-6-12(10-4-5-10)9(3)13-7-11;1-2/h6-8,10H,4-5H2,1-3H3;1-2H3. The van der Waals surface area contributed by atoms with Gasteiger partial charge in [0.25, 0.3) is 0 Å². The molecule has 0 N–H and O–H groups in total. The number of hydrogen-bond acceptors (Lipinski definition) is 1. The number of aromatic nitrogens is 1. The monoisotopic (exact) mass is 205 g/mol. The van der Waals surface area contributed by atoms with Gasteiger partial charge in [-0.2, -0.15) is 0 Å². The molecular formula is C14H23N. The fraction of sp³-hybridized carbons (Fsp3) is 0.643. The van der Waals surface area contributed by atoms with Gasteiger partial charge in [0.05, 0.1) is 0 Å². The third-order valence-electron chi connectivity index (χ3n) is 2.83. The topological polar surface area (TPSA) is 12.9 Å². The Kier molecular flexibility index (Phi) is 4.31. The van der Waals surface area contributed by atoms with E-state index in [2.05, 4.69) is 31.8 Å². The molecule has 1 fully saturated rings. The SMILES string of the molecule is CC.Cc1ncc(C(C)C)cc1C1CC1. The maximum atomic E-state index is 4.46. The van der Waals surface area contributed by atoms with Crippen molar-refractivity contribution < 1.29 is 0 Å². The lowest BCUT2D eigenvalue weighted by molar-refractivity contribution is 0.846. The Bertz CT molecular complexity index is 311. The first-order valence-electron chi connectivity index (χ1n) is 6.15. The summed E-state index contributed by atoms with van der Waals surface area (Å²) < 4.78 is 0. The van der Waals surface area contributed by atoms with Gasteiger partial charge in [0, 0.05) is 11.9 Å². The van der Waals surface area contributed by atoms with E-state index in [1.54, 1.807) is 0 Å². The molecule has 0 atom stereocenters. The van der Waals surface area contributed by atoms with E-state index in [1.165, 1.54) is 29.7 Å². The molecule has 0 saturated heterocycles. The summed E-state index contributed by atoms with van der Waals surface area (Å²) in [7, 11) is 0. The van der Waals surface area contributed by atoms with Gasteiger partial charge in [0.1, 0.15) is 0 Å². The Labute approximate surface area is 93.9 Å². The molecule has 0 radical (unpaired) electrons. The first kappa shape index (κ1) is 12.2. The Balaban J connectivity index is 0.000000531. The van der Waals surface area contributed by atoms with Crippen LogP contribution in [-0.2, 0) is 0 Å². The van der Waals surface area contributed by atoms with Crippen LogP contribution < -0.4 is 0 Å². The molecule has 1 aliphatic carbocycles. The Morgan fingerprint density at radius 2 is 1.87 bits per heavy atom. The van der Waals surface area contributed by atoms with Crippen LogP contribution in [0.5, 0.6) is 0 Å².